The lowest BCUT2D eigenvalue weighted by atomic mass is 10.1. The molecule has 0 saturated heterocycles. The van der Waals surface area contributed by atoms with Crippen molar-refractivity contribution in [3.05, 3.63) is 23.9 Å². The molecular formula is C14H18N2O2. The molecule has 1 aromatic carbocycles. The first-order chi connectivity index (χ1) is 8.58. The summed E-state index contributed by atoms with van der Waals surface area (Å²) in [6, 6.07) is 5.58. The summed E-state index contributed by atoms with van der Waals surface area (Å²) in [7, 11) is 3.25. The molecule has 0 spiro atoms. The van der Waals surface area contributed by atoms with Gasteiger partial charge in [0.05, 0.1) is 19.6 Å². The molecule has 0 aliphatic rings. The van der Waals surface area contributed by atoms with Crippen molar-refractivity contribution in [2.24, 2.45) is 0 Å². The fourth-order valence-electron chi connectivity index (χ4n) is 1.97. The molecule has 18 heavy (non-hydrogen) atoms. The Morgan fingerprint density at radius 1 is 1.11 bits per heavy atom. The fourth-order valence-corrected chi connectivity index (χ4v) is 1.97. The van der Waals surface area contributed by atoms with Crippen molar-refractivity contribution in [2.45, 2.75) is 19.8 Å². The second kappa shape index (κ2) is 4.72. The van der Waals surface area contributed by atoms with E-state index in [2.05, 4.69) is 18.8 Å². The Balaban J connectivity index is 2.84. The summed E-state index contributed by atoms with van der Waals surface area (Å²) in [5.74, 6) is 1.73. The number of hydrogen-bond acceptors (Lipinski definition) is 4. The van der Waals surface area contributed by atoms with E-state index in [0.29, 0.717) is 23.1 Å². The highest BCUT2D eigenvalue weighted by atomic mass is 16.5. The molecule has 4 nitrogen and oxygen atoms in total. The molecule has 0 fully saturated rings. The third-order valence-corrected chi connectivity index (χ3v) is 2.97. The number of pyridine rings is 1. The van der Waals surface area contributed by atoms with Crippen LogP contribution in [0.15, 0.2) is 18.2 Å². The zero-order valence-corrected chi connectivity index (χ0v) is 11.2. The van der Waals surface area contributed by atoms with E-state index in [1.54, 1.807) is 14.2 Å². The van der Waals surface area contributed by atoms with Crippen LogP contribution in [0.1, 0.15) is 25.5 Å². The summed E-state index contributed by atoms with van der Waals surface area (Å²) >= 11 is 0. The molecule has 0 aliphatic heterocycles. The van der Waals surface area contributed by atoms with Gasteiger partial charge in [-0.2, -0.15) is 0 Å². The third-order valence-electron chi connectivity index (χ3n) is 2.97. The van der Waals surface area contributed by atoms with Gasteiger partial charge in [-0.15, -0.1) is 0 Å². The molecule has 0 amide bonds. The highest BCUT2D eigenvalue weighted by molar-refractivity contribution is 5.99. The molecule has 2 rings (SSSR count). The monoisotopic (exact) mass is 246 g/mol. The summed E-state index contributed by atoms with van der Waals surface area (Å²) in [5, 5.41) is 0.807. The first kappa shape index (κ1) is 12.5. The minimum Gasteiger partial charge on any atom is -0.496 e. The van der Waals surface area contributed by atoms with Gasteiger partial charge in [0, 0.05) is 11.4 Å². The van der Waals surface area contributed by atoms with E-state index in [0.717, 1.165) is 16.6 Å². The van der Waals surface area contributed by atoms with E-state index in [4.69, 9.17) is 15.2 Å². The normalized spacial score (nSPS) is 10.9. The summed E-state index contributed by atoms with van der Waals surface area (Å²) in [5.41, 5.74) is 8.49. The molecule has 1 heterocycles. The molecule has 0 aliphatic carbocycles. The van der Waals surface area contributed by atoms with Gasteiger partial charge in [0.2, 0.25) is 0 Å². The first-order valence-electron chi connectivity index (χ1n) is 5.89. The van der Waals surface area contributed by atoms with Crippen molar-refractivity contribution in [3.8, 4) is 11.5 Å². The highest BCUT2D eigenvalue weighted by Gasteiger charge is 2.14. The molecule has 4 heteroatoms. The van der Waals surface area contributed by atoms with Crippen LogP contribution < -0.4 is 15.2 Å². The number of fused-ring (bicyclic) bond motifs is 1. The van der Waals surface area contributed by atoms with Crippen molar-refractivity contribution < 1.29 is 9.47 Å². The van der Waals surface area contributed by atoms with Gasteiger partial charge in [-0.25, -0.2) is 4.98 Å². The van der Waals surface area contributed by atoms with Gasteiger partial charge < -0.3 is 15.2 Å². The van der Waals surface area contributed by atoms with Gasteiger partial charge in [0.25, 0.3) is 0 Å². The van der Waals surface area contributed by atoms with Crippen molar-refractivity contribution in [1.82, 2.24) is 4.98 Å². The zero-order chi connectivity index (χ0) is 13.3. The van der Waals surface area contributed by atoms with Crippen LogP contribution in [0.25, 0.3) is 10.9 Å². The predicted octanol–water partition coefficient (Wildman–Crippen LogP) is 2.96. The van der Waals surface area contributed by atoms with Crippen LogP contribution in [0.2, 0.25) is 0 Å². The van der Waals surface area contributed by atoms with Crippen LogP contribution in [0.5, 0.6) is 11.5 Å². The molecule has 1 aromatic heterocycles. The molecule has 0 bridgehead atoms. The maximum Gasteiger partial charge on any atom is 0.145 e. The standard InChI is InChI=1S/C14H18N2O2/c1-8(2)10-7-9(15)13-11(17-3)5-6-12(18-4)14(13)16-10/h5-8H,1-4H3,(H2,15,16). The molecular weight excluding hydrogens is 228 g/mol. The number of anilines is 1. The van der Waals surface area contributed by atoms with E-state index >= 15 is 0 Å². The van der Waals surface area contributed by atoms with Crippen LogP contribution in [0, 0.1) is 0 Å². The Morgan fingerprint density at radius 2 is 1.72 bits per heavy atom. The van der Waals surface area contributed by atoms with E-state index in [-0.39, 0.29) is 0 Å². The Morgan fingerprint density at radius 3 is 2.28 bits per heavy atom. The minimum atomic E-state index is 0.313. The number of nitrogen functional groups attached to an aromatic ring is 1. The number of nitrogens with zero attached hydrogens (tertiary/aromatic N) is 1. The highest BCUT2D eigenvalue weighted by Crippen LogP contribution is 2.36. The number of methoxy groups -OCH3 is 2. The number of benzene rings is 1. The number of hydrogen-bond donors (Lipinski definition) is 1. The Kier molecular flexibility index (Phi) is 3.28. The van der Waals surface area contributed by atoms with Gasteiger partial charge in [-0.05, 0) is 24.1 Å². The average molecular weight is 246 g/mol. The van der Waals surface area contributed by atoms with E-state index < -0.39 is 0 Å². The largest absolute Gasteiger partial charge is 0.496 e. The lowest BCUT2D eigenvalue weighted by molar-refractivity contribution is 0.409. The van der Waals surface area contributed by atoms with Crippen molar-refractivity contribution in [3.63, 3.8) is 0 Å². The smallest absolute Gasteiger partial charge is 0.145 e. The Hall–Kier alpha value is -1.97. The first-order valence-corrected chi connectivity index (χ1v) is 5.89. The van der Waals surface area contributed by atoms with Gasteiger partial charge in [0.15, 0.2) is 0 Å². The molecule has 0 atom stereocenters. The van der Waals surface area contributed by atoms with Crippen LogP contribution >= 0.6 is 0 Å². The van der Waals surface area contributed by atoms with Crippen LogP contribution in [-0.2, 0) is 0 Å². The van der Waals surface area contributed by atoms with E-state index in [1.165, 1.54) is 0 Å². The summed E-state index contributed by atoms with van der Waals surface area (Å²) in [6.07, 6.45) is 0. The zero-order valence-electron chi connectivity index (χ0n) is 11.2. The average Bonchev–Trinajstić information content (AvgIpc) is 2.37. The lowest BCUT2D eigenvalue weighted by Crippen LogP contribution is -2.00. The fraction of sp³-hybridized carbons (Fsp3) is 0.357. The van der Waals surface area contributed by atoms with Crippen LogP contribution in [0.3, 0.4) is 0 Å². The Labute approximate surface area is 107 Å². The SMILES string of the molecule is COc1ccc(OC)c2c(N)cc(C(C)C)nc12. The molecule has 0 saturated carbocycles. The lowest BCUT2D eigenvalue weighted by Gasteiger charge is -2.14. The number of rotatable bonds is 3. The minimum absolute atomic E-state index is 0.313. The number of aromatic nitrogens is 1. The van der Waals surface area contributed by atoms with Gasteiger partial charge in [-0.1, -0.05) is 13.8 Å². The maximum atomic E-state index is 6.12. The third kappa shape index (κ3) is 1.94. The van der Waals surface area contributed by atoms with Crippen molar-refractivity contribution in [1.29, 1.82) is 0 Å². The van der Waals surface area contributed by atoms with E-state index in [1.807, 2.05) is 18.2 Å². The van der Waals surface area contributed by atoms with Crippen LogP contribution in [-0.4, -0.2) is 19.2 Å². The van der Waals surface area contributed by atoms with Crippen molar-refractivity contribution >= 4 is 16.6 Å². The molecule has 0 radical (unpaired) electrons. The maximum absolute atomic E-state index is 6.12. The summed E-state index contributed by atoms with van der Waals surface area (Å²) < 4.78 is 10.7. The topological polar surface area (TPSA) is 57.4 Å². The summed E-state index contributed by atoms with van der Waals surface area (Å²) in [6.45, 7) is 4.17. The second-order valence-electron chi connectivity index (χ2n) is 4.48. The van der Waals surface area contributed by atoms with Gasteiger partial charge in [0.1, 0.15) is 17.0 Å². The second-order valence-corrected chi connectivity index (χ2v) is 4.48. The van der Waals surface area contributed by atoms with Gasteiger partial charge in [-0.3, -0.25) is 0 Å². The molecule has 2 aromatic rings. The molecule has 96 valence electrons. The Bertz CT molecular complexity index is 580. The quantitative estimate of drug-likeness (QED) is 0.904. The predicted molar refractivity (Wildman–Crippen MR) is 73.3 cm³/mol. The van der Waals surface area contributed by atoms with Crippen molar-refractivity contribution in [2.75, 3.05) is 20.0 Å². The molecule has 2 N–H and O–H groups in total. The number of nitrogens with two attached hydrogens (primary N) is 1. The molecule has 0 unspecified atom stereocenters. The number of ether oxygens (including phenoxy) is 2. The van der Waals surface area contributed by atoms with Gasteiger partial charge >= 0.3 is 0 Å². The summed E-state index contributed by atoms with van der Waals surface area (Å²) in [4.78, 5) is 4.63. The van der Waals surface area contributed by atoms with E-state index in [9.17, 15) is 0 Å². The van der Waals surface area contributed by atoms with Crippen LogP contribution in [0.4, 0.5) is 5.69 Å².